The standard InChI is InChI=1S/C10H22N2/c1-8-5-6-12(7-9(8)11)10(2,3)4/h8-9H,5-7,11H2,1-4H3/t8-,9-/m1/s1. The van der Waals surface area contributed by atoms with E-state index in [9.17, 15) is 0 Å². The first kappa shape index (κ1) is 10.0. The van der Waals surface area contributed by atoms with E-state index in [0.29, 0.717) is 12.0 Å². The fourth-order valence-corrected chi connectivity index (χ4v) is 1.71. The van der Waals surface area contributed by atoms with Gasteiger partial charge in [-0.25, -0.2) is 0 Å². The van der Waals surface area contributed by atoms with Crippen LogP contribution in [0.3, 0.4) is 0 Å². The van der Waals surface area contributed by atoms with Gasteiger partial charge < -0.3 is 5.73 Å². The van der Waals surface area contributed by atoms with E-state index in [0.717, 1.165) is 6.54 Å². The van der Waals surface area contributed by atoms with Gasteiger partial charge in [-0.1, -0.05) is 6.92 Å². The van der Waals surface area contributed by atoms with E-state index in [-0.39, 0.29) is 5.54 Å². The molecule has 0 unspecified atom stereocenters. The minimum absolute atomic E-state index is 0.289. The van der Waals surface area contributed by atoms with Gasteiger partial charge in [-0.3, -0.25) is 4.90 Å². The van der Waals surface area contributed by atoms with Crippen molar-refractivity contribution in [3.63, 3.8) is 0 Å². The summed E-state index contributed by atoms with van der Waals surface area (Å²) in [5.41, 5.74) is 6.31. The average Bonchev–Trinajstić information content (AvgIpc) is 1.92. The minimum Gasteiger partial charge on any atom is -0.326 e. The fraction of sp³-hybridized carbons (Fsp3) is 1.00. The zero-order valence-corrected chi connectivity index (χ0v) is 8.80. The Balaban J connectivity index is 2.51. The Hall–Kier alpha value is -0.0800. The van der Waals surface area contributed by atoms with E-state index < -0.39 is 0 Å². The third-order valence-corrected chi connectivity index (χ3v) is 2.97. The van der Waals surface area contributed by atoms with E-state index in [4.69, 9.17) is 5.73 Å². The van der Waals surface area contributed by atoms with Crippen LogP contribution < -0.4 is 5.73 Å². The van der Waals surface area contributed by atoms with Gasteiger partial charge in [0.05, 0.1) is 0 Å². The minimum atomic E-state index is 0.289. The highest BCUT2D eigenvalue weighted by molar-refractivity contribution is 4.86. The Kier molecular flexibility index (Phi) is 2.79. The first-order chi connectivity index (χ1) is 5.41. The summed E-state index contributed by atoms with van der Waals surface area (Å²) in [6.07, 6.45) is 1.25. The zero-order valence-electron chi connectivity index (χ0n) is 8.80. The number of rotatable bonds is 0. The van der Waals surface area contributed by atoms with Crippen LogP contribution in [0.4, 0.5) is 0 Å². The van der Waals surface area contributed by atoms with E-state index >= 15 is 0 Å². The highest BCUT2D eigenvalue weighted by Crippen LogP contribution is 2.22. The smallest absolute Gasteiger partial charge is 0.0194 e. The van der Waals surface area contributed by atoms with Crippen molar-refractivity contribution < 1.29 is 0 Å². The topological polar surface area (TPSA) is 29.3 Å². The van der Waals surface area contributed by atoms with Crippen LogP contribution in [-0.2, 0) is 0 Å². The van der Waals surface area contributed by atoms with E-state index in [2.05, 4.69) is 32.6 Å². The predicted molar refractivity (Wildman–Crippen MR) is 53.1 cm³/mol. The molecule has 1 aliphatic heterocycles. The summed E-state index contributed by atoms with van der Waals surface area (Å²) >= 11 is 0. The molecule has 2 atom stereocenters. The summed E-state index contributed by atoms with van der Waals surface area (Å²) in [7, 11) is 0. The first-order valence-electron chi connectivity index (χ1n) is 4.92. The first-order valence-corrected chi connectivity index (χ1v) is 4.92. The van der Waals surface area contributed by atoms with E-state index in [1.54, 1.807) is 0 Å². The Morgan fingerprint density at radius 3 is 2.33 bits per heavy atom. The van der Waals surface area contributed by atoms with E-state index in [1.165, 1.54) is 13.0 Å². The maximum atomic E-state index is 6.02. The second-order valence-corrected chi connectivity index (χ2v) is 5.05. The Labute approximate surface area is 76.1 Å². The maximum Gasteiger partial charge on any atom is 0.0194 e. The van der Waals surface area contributed by atoms with Crippen LogP contribution in [0, 0.1) is 5.92 Å². The molecule has 1 heterocycles. The van der Waals surface area contributed by atoms with Gasteiger partial charge in [-0.15, -0.1) is 0 Å². The molecule has 0 amide bonds. The third kappa shape index (κ3) is 2.20. The molecule has 0 aliphatic carbocycles. The van der Waals surface area contributed by atoms with Crippen LogP contribution >= 0.6 is 0 Å². The molecule has 0 aromatic heterocycles. The average molecular weight is 170 g/mol. The maximum absolute atomic E-state index is 6.02. The largest absolute Gasteiger partial charge is 0.326 e. The molecule has 2 N–H and O–H groups in total. The quantitative estimate of drug-likeness (QED) is 0.596. The van der Waals surface area contributed by atoms with Crippen LogP contribution in [0.25, 0.3) is 0 Å². The lowest BCUT2D eigenvalue weighted by Gasteiger charge is -2.43. The van der Waals surface area contributed by atoms with E-state index in [1.807, 2.05) is 0 Å². The lowest BCUT2D eigenvalue weighted by atomic mass is 9.91. The van der Waals surface area contributed by atoms with Gasteiger partial charge in [0.2, 0.25) is 0 Å². The summed E-state index contributed by atoms with van der Waals surface area (Å²) < 4.78 is 0. The van der Waals surface area contributed by atoms with Crippen molar-refractivity contribution in [2.45, 2.75) is 45.7 Å². The molecular formula is C10H22N2. The molecule has 12 heavy (non-hydrogen) atoms. The molecule has 0 radical (unpaired) electrons. The number of likely N-dealkylation sites (tertiary alicyclic amines) is 1. The molecule has 1 rings (SSSR count). The Morgan fingerprint density at radius 2 is 1.92 bits per heavy atom. The summed E-state index contributed by atoms with van der Waals surface area (Å²) in [5.74, 6) is 0.698. The highest BCUT2D eigenvalue weighted by Gasteiger charge is 2.29. The van der Waals surface area contributed by atoms with Crippen molar-refractivity contribution >= 4 is 0 Å². The highest BCUT2D eigenvalue weighted by atomic mass is 15.2. The summed E-state index contributed by atoms with van der Waals surface area (Å²) in [6, 6.07) is 0.373. The molecule has 1 saturated heterocycles. The molecule has 1 fully saturated rings. The number of hydrogen-bond donors (Lipinski definition) is 1. The number of nitrogens with two attached hydrogens (primary N) is 1. The van der Waals surface area contributed by atoms with Gasteiger partial charge in [-0.2, -0.15) is 0 Å². The van der Waals surface area contributed by atoms with Crippen LogP contribution in [-0.4, -0.2) is 29.6 Å². The fourth-order valence-electron chi connectivity index (χ4n) is 1.71. The van der Waals surface area contributed by atoms with Crippen LogP contribution in [0.15, 0.2) is 0 Å². The molecule has 0 spiro atoms. The molecule has 1 aliphatic rings. The van der Waals surface area contributed by atoms with Crippen molar-refractivity contribution in [3.05, 3.63) is 0 Å². The zero-order chi connectivity index (χ0) is 9.35. The Bertz CT molecular complexity index is 148. The predicted octanol–water partition coefficient (Wildman–Crippen LogP) is 1.45. The molecule has 0 aromatic carbocycles. The second kappa shape index (κ2) is 3.35. The molecule has 0 saturated carbocycles. The second-order valence-electron chi connectivity index (χ2n) is 5.05. The number of hydrogen-bond acceptors (Lipinski definition) is 2. The van der Waals surface area contributed by atoms with Gasteiger partial charge in [0.15, 0.2) is 0 Å². The number of piperidine rings is 1. The molecule has 72 valence electrons. The Morgan fingerprint density at radius 1 is 1.33 bits per heavy atom. The van der Waals surface area contributed by atoms with Crippen LogP contribution in [0.2, 0.25) is 0 Å². The van der Waals surface area contributed by atoms with Crippen molar-refractivity contribution in [1.82, 2.24) is 4.90 Å². The summed E-state index contributed by atoms with van der Waals surface area (Å²) in [5, 5.41) is 0. The summed E-state index contributed by atoms with van der Waals surface area (Å²) in [4.78, 5) is 2.48. The van der Waals surface area contributed by atoms with Crippen molar-refractivity contribution in [2.75, 3.05) is 13.1 Å². The lowest BCUT2D eigenvalue weighted by Crippen LogP contribution is -2.54. The van der Waals surface area contributed by atoms with Gasteiger partial charge >= 0.3 is 0 Å². The lowest BCUT2D eigenvalue weighted by molar-refractivity contribution is 0.0782. The van der Waals surface area contributed by atoms with Crippen LogP contribution in [0.5, 0.6) is 0 Å². The van der Waals surface area contributed by atoms with Gasteiger partial charge in [0, 0.05) is 18.1 Å². The molecule has 0 bridgehead atoms. The molecular weight excluding hydrogens is 148 g/mol. The van der Waals surface area contributed by atoms with Gasteiger partial charge in [0.25, 0.3) is 0 Å². The van der Waals surface area contributed by atoms with Crippen LogP contribution in [0.1, 0.15) is 34.1 Å². The summed E-state index contributed by atoms with van der Waals surface area (Å²) in [6.45, 7) is 11.3. The SMILES string of the molecule is C[C@@H]1CCN(C(C)(C)C)C[C@H]1N. The number of nitrogens with zero attached hydrogens (tertiary/aromatic N) is 1. The van der Waals surface area contributed by atoms with Gasteiger partial charge in [0.1, 0.15) is 0 Å². The third-order valence-electron chi connectivity index (χ3n) is 2.97. The van der Waals surface area contributed by atoms with Gasteiger partial charge in [-0.05, 0) is 39.7 Å². The normalized spacial score (nSPS) is 33.8. The van der Waals surface area contributed by atoms with Crippen molar-refractivity contribution in [2.24, 2.45) is 11.7 Å². The van der Waals surface area contributed by atoms with Crippen molar-refractivity contribution in [3.8, 4) is 0 Å². The molecule has 2 nitrogen and oxygen atoms in total. The monoisotopic (exact) mass is 170 g/mol. The molecule has 2 heteroatoms. The van der Waals surface area contributed by atoms with Crippen molar-refractivity contribution in [1.29, 1.82) is 0 Å². The molecule has 0 aromatic rings.